The molecule has 1 aliphatic rings. The van der Waals surface area contributed by atoms with Crippen LogP contribution in [0.5, 0.6) is 11.5 Å². The molecule has 1 aliphatic heterocycles. The third-order valence-corrected chi connectivity index (χ3v) is 7.92. The highest BCUT2D eigenvalue weighted by Crippen LogP contribution is 2.36. The summed E-state index contributed by atoms with van der Waals surface area (Å²) < 4.78 is 37.6. The fraction of sp³-hybridized carbons (Fsp3) is 0.265. The van der Waals surface area contributed by atoms with Crippen LogP contribution < -0.4 is 24.4 Å². The molecule has 5 rings (SSSR count). The summed E-state index contributed by atoms with van der Waals surface area (Å²) in [7, 11) is 1.53. The van der Waals surface area contributed by atoms with Crippen LogP contribution in [0.4, 0.5) is 4.39 Å². The van der Waals surface area contributed by atoms with Crippen LogP contribution in [0.1, 0.15) is 43.0 Å². The van der Waals surface area contributed by atoms with Crippen molar-refractivity contribution in [2.75, 3.05) is 26.9 Å². The van der Waals surface area contributed by atoms with Crippen molar-refractivity contribution in [3.63, 3.8) is 0 Å². The zero-order valence-corrected chi connectivity index (χ0v) is 25.6. The van der Waals surface area contributed by atoms with Gasteiger partial charge in [0.1, 0.15) is 36.6 Å². The lowest BCUT2D eigenvalue weighted by Gasteiger charge is -2.26. The second-order valence-corrected chi connectivity index (χ2v) is 11.1. The molecule has 0 radical (unpaired) electrons. The first-order chi connectivity index (χ1) is 21.4. The number of para-hydroxylation sites is 1. The van der Waals surface area contributed by atoms with Crippen molar-refractivity contribution in [3.05, 3.63) is 126 Å². The molecule has 44 heavy (non-hydrogen) atoms. The molecule has 8 nitrogen and oxygen atoms in total. The third-order valence-electron chi connectivity index (χ3n) is 6.93. The third kappa shape index (κ3) is 6.98. The Morgan fingerprint density at radius 3 is 2.48 bits per heavy atom. The Balaban J connectivity index is 1.50. The maximum absolute atomic E-state index is 14.0. The maximum atomic E-state index is 14.0. The van der Waals surface area contributed by atoms with Crippen molar-refractivity contribution in [3.8, 4) is 11.5 Å². The fourth-order valence-electron chi connectivity index (χ4n) is 4.78. The first kappa shape index (κ1) is 30.9. The van der Waals surface area contributed by atoms with Crippen molar-refractivity contribution in [1.82, 2.24) is 4.57 Å². The van der Waals surface area contributed by atoms with Crippen LogP contribution in [0.2, 0.25) is 0 Å². The molecule has 0 spiro atoms. The lowest BCUT2D eigenvalue weighted by molar-refractivity contribution is -0.140. The molecule has 228 valence electrons. The van der Waals surface area contributed by atoms with E-state index in [-0.39, 0.29) is 30.2 Å². The van der Waals surface area contributed by atoms with Gasteiger partial charge in [0.15, 0.2) is 4.80 Å². The van der Waals surface area contributed by atoms with Crippen LogP contribution >= 0.6 is 11.3 Å². The van der Waals surface area contributed by atoms with E-state index in [0.29, 0.717) is 45.3 Å². The quantitative estimate of drug-likeness (QED) is 0.166. The van der Waals surface area contributed by atoms with E-state index in [1.54, 1.807) is 29.7 Å². The van der Waals surface area contributed by atoms with Gasteiger partial charge in [-0.1, -0.05) is 60.7 Å². The molecule has 1 aromatic heterocycles. The summed E-state index contributed by atoms with van der Waals surface area (Å²) in [5.74, 6) is 0.368. The highest BCUT2D eigenvalue weighted by atomic mass is 32.1. The van der Waals surface area contributed by atoms with Crippen molar-refractivity contribution >= 4 is 23.4 Å². The van der Waals surface area contributed by atoms with Gasteiger partial charge in [-0.3, -0.25) is 9.36 Å². The molecule has 0 unspecified atom stereocenters. The van der Waals surface area contributed by atoms with E-state index in [4.69, 9.17) is 18.9 Å². The van der Waals surface area contributed by atoms with Gasteiger partial charge in [0.25, 0.3) is 5.56 Å². The maximum Gasteiger partial charge on any atom is 0.338 e. The Morgan fingerprint density at radius 1 is 1.00 bits per heavy atom. The molecular weight excluding hydrogens is 583 g/mol. The van der Waals surface area contributed by atoms with E-state index in [9.17, 15) is 14.0 Å². The zero-order chi connectivity index (χ0) is 31.1. The topological polar surface area (TPSA) is 88.4 Å². The van der Waals surface area contributed by atoms with E-state index in [2.05, 4.69) is 4.99 Å². The van der Waals surface area contributed by atoms with Gasteiger partial charge >= 0.3 is 5.97 Å². The molecule has 1 atom stereocenters. The molecule has 0 N–H and O–H groups in total. The number of methoxy groups -OCH3 is 1. The minimum Gasteiger partial charge on any atom is -0.493 e. The van der Waals surface area contributed by atoms with E-state index < -0.39 is 12.0 Å². The smallest absolute Gasteiger partial charge is 0.338 e. The fourth-order valence-corrected chi connectivity index (χ4v) is 5.83. The molecular formula is C34H33FN2O6S. The summed E-state index contributed by atoms with van der Waals surface area (Å²) in [5, 5.41) is 0. The molecule has 0 aliphatic carbocycles. The molecule has 0 saturated carbocycles. The number of carbonyl (C=O) groups is 1. The van der Waals surface area contributed by atoms with Crippen molar-refractivity contribution in [1.29, 1.82) is 0 Å². The second-order valence-electron chi connectivity index (χ2n) is 10.1. The lowest BCUT2D eigenvalue weighted by atomic mass is 9.95. The number of carbonyl (C=O) groups excluding carboxylic acids is 1. The lowest BCUT2D eigenvalue weighted by Crippen LogP contribution is -2.40. The number of thiazole rings is 1. The van der Waals surface area contributed by atoms with Crippen LogP contribution in [-0.4, -0.2) is 37.5 Å². The Bertz CT molecular complexity index is 1830. The van der Waals surface area contributed by atoms with Gasteiger partial charge in [-0.2, -0.15) is 0 Å². The van der Waals surface area contributed by atoms with Gasteiger partial charge in [0, 0.05) is 12.7 Å². The van der Waals surface area contributed by atoms with Gasteiger partial charge in [0.05, 0.1) is 29.0 Å². The van der Waals surface area contributed by atoms with Crippen LogP contribution in [0.25, 0.3) is 6.08 Å². The van der Waals surface area contributed by atoms with E-state index in [1.165, 1.54) is 30.6 Å². The van der Waals surface area contributed by atoms with Crippen LogP contribution in [0.15, 0.2) is 93.9 Å². The van der Waals surface area contributed by atoms with Gasteiger partial charge in [0.2, 0.25) is 0 Å². The van der Waals surface area contributed by atoms with Crippen LogP contribution in [0.3, 0.4) is 0 Å². The SMILES string of the molecule is CCCOc1ccccc1[C@H]1C(C(=O)OCCOC)=C(C)N=c2s/c(=C/c3ccc(OCc4ccc(F)cc4)cc3)c(=O)n21. The van der Waals surface area contributed by atoms with Crippen LogP contribution in [-0.2, 0) is 20.9 Å². The second kappa shape index (κ2) is 14.3. The van der Waals surface area contributed by atoms with Crippen molar-refractivity contribution < 1.29 is 28.1 Å². The van der Waals surface area contributed by atoms with Crippen molar-refractivity contribution in [2.24, 2.45) is 4.99 Å². The van der Waals surface area contributed by atoms with Gasteiger partial charge < -0.3 is 18.9 Å². The van der Waals surface area contributed by atoms with E-state index >= 15 is 0 Å². The monoisotopic (exact) mass is 616 g/mol. The number of esters is 1. The highest BCUT2D eigenvalue weighted by molar-refractivity contribution is 7.07. The molecule has 3 aromatic carbocycles. The Kier molecular flexibility index (Phi) is 10.0. The molecule has 0 fully saturated rings. The molecule has 4 aromatic rings. The number of hydrogen-bond donors (Lipinski definition) is 0. The number of halogens is 1. The van der Waals surface area contributed by atoms with Crippen LogP contribution in [0, 0.1) is 5.82 Å². The Hall–Kier alpha value is -4.54. The molecule has 0 amide bonds. The molecule has 0 bridgehead atoms. The number of aromatic nitrogens is 1. The normalized spacial score (nSPS) is 14.6. The van der Waals surface area contributed by atoms with Gasteiger partial charge in [-0.25, -0.2) is 14.2 Å². The summed E-state index contributed by atoms with van der Waals surface area (Å²) >= 11 is 1.25. The predicted octanol–water partition coefficient (Wildman–Crippen LogP) is 4.93. The standard InChI is InChI=1S/C34H33FN2O6S/c1-4-17-41-28-8-6-5-7-27(28)31-30(33(39)42-19-18-40-3)22(2)36-34-37(31)32(38)29(44-34)20-23-11-15-26(16-12-23)43-21-24-9-13-25(35)14-10-24/h5-16,20,31H,4,17-19,21H2,1-3H3/b29-20+/t31-/m0/s1. The first-order valence-electron chi connectivity index (χ1n) is 14.3. The number of hydrogen-bond acceptors (Lipinski definition) is 8. The minimum atomic E-state index is -0.793. The number of fused-ring (bicyclic) bond motifs is 1. The minimum absolute atomic E-state index is 0.0703. The molecule has 0 saturated heterocycles. The zero-order valence-electron chi connectivity index (χ0n) is 24.7. The predicted molar refractivity (Wildman–Crippen MR) is 166 cm³/mol. The van der Waals surface area contributed by atoms with E-state index in [1.807, 2.05) is 55.5 Å². The van der Waals surface area contributed by atoms with Gasteiger partial charge in [-0.15, -0.1) is 0 Å². The Labute approximate surface area is 258 Å². The average molecular weight is 617 g/mol. The largest absolute Gasteiger partial charge is 0.493 e. The van der Waals surface area contributed by atoms with Crippen molar-refractivity contribution in [2.45, 2.75) is 32.9 Å². The van der Waals surface area contributed by atoms with E-state index in [0.717, 1.165) is 17.5 Å². The van der Waals surface area contributed by atoms with Gasteiger partial charge in [-0.05, 0) is 60.9 Å². The number of benzene rings is 3. The molecule has 10 heteroatoms. The number of rotatable bonds is 12. The summed E-state index contributed by atoms with van der Waals surface area (Å²) in [6.45, 7) is 4.86. The summed E-state index contributed by atoms with van der Waals surface area (Å²) in [6.07, 6.45) is 2.59. The summed E-state index contributed by atoms with van der Waals surface area (Å²) in [6, 6.07) is 20.1. The highest BCUT2D eigenvalue weighted by Gasteiger charge is 2.35. The Morgan fingerprint density at radius 2 is 1.75 bits per heavy atom. The summed E-state index contributed by atoms with van der Waals surface area (Å²) in [5.41, 5.74) is 2.78. The number of ether oxygens (including phenoxy) is 4. The number of allylic oxidation sites excluding steroid dienone is 1. The number of nitrogens with zero attached hydrogens (tertiary/aromatic N) is 2. The summed E-state index contributed by atoms with van der Waals surface area (Å²) in [4.78, 5) is 32.6. The first-order valence-corrected chi connectivity index (χ1v) is 15.1. The molecule has 2 heterocycles. The average Bonchev–Trinajstić information content (AvgIpc) is 3.33.